The van der Waals surface area contributed by atoms with Crippen LogP contribution in [-0.4, -0.2) is 11.7 Å². The third-order valence-electron chi connectivity index (χ3n) is 11.5. The number of aliphatic imine (C=N–C) groups is 2. The molecule has 1 atom stereocenters. The largest absolute Gasteiger partial charge is 0.344 e. The Bertz CT molecular complexity index is 3000. The standard InChI is InChI=1S/C48H29N3S/c1-2-10-30(11-3-1)45-49-46(51-47(50-45)32-22-24-35-34-15-5-7-19-41(34)52-42(35)27-32)31-23-25-38-36(26-31)33-14-4-6-16-37(33)48(38)39-17-8-12-28-20-21-29-13-9-18-40(48)44(29)43(28)39/h1-27,46H,(H,49,50,51). The maximum atomic E-state index is 5.35. The number of fused-ring (bicyclic) bond motifs is 10. The molecule has 1 spiro atoms. The first-order valence-electron chi connectivity index (χ1n) is 17.9. The third kappa shape index (κ3) is 3.69. The van der Waals surface area contributed by atoms with Gasteiger partial charge in [-0.25, -0.2) is 9.98 Å². The zero-order valence-electron chi connectivity index (χ0n) is 28.0. The van der Waals surface area contributed by atoms with E-state index >= 15 is 0 Å². The van der Waals surface area contributed by atoms with Crippen molar-refractivity contribution in [3.05, 3.63) is 203 Å². The van der Waals surface area contributed by atoms with Gasteiger partial charge in [-0.15, -0.1) is 11.3 Å². The Labute approximate surface area is 304 Å². The number of rotatable bonds is 3. The molecule has 0 radical (unpaired) electrons. The Morgan fingerprint density at radius 1 is 0.500 bits per heavy atom. The monoisotopic (exact) mass is 679 g/mol. The fraction of sp³-hybridized carbons (Fsp3) is 0.0417. The van der Waals surface area contributed by atoms with E-state index in [9.17, 15) is 0 Å². The molecule has 1 aliphatic heterocycles. The highest BCUT2D eigenvalue weighted by atomic mass is 32.1. The molecule has 2 aliphatic carbocycles. The summed E-state index contributed by atoms with van der Waals surface area (Å²) in [4.78, 5) is 10.5. The van der Waals surface area contributed by atoms with Gasteiger partial charge in [-0.05, 0) is 78.7 Å². The highest BCUT2D eigenvalue weighted by molar-refractivity contribution is 7.25. The Balaban J connectivity index is 1.05. The van der Waals surface area contributed by atoms with E-state index < -0.39 is 0 Å². The second kappa shape index (κ2) is 10.3. The van der Waals surface area contributed by atoms with E-state index in [2.05, 4.69) is 163 Å². The van der Waals surface area contributed by atoms with Gasteiger partial charge in [0.2, 0.25) is 0 Å². The van der Waals surface area contributed by atoms with Crippen molar-refractivity contribution in [1.29, 1.82) is 0 Å². The van der Waals surface area contributed by atoms with Crippen molar-refractivity contribution in [3.63, 3.8) is 0 Å². The summed E-state index contributed by atoms with van der Waals surface area (Å²) in [7, 11) is 0. The Kier molecular flexibility index (Phi) is 5.64. The molecule has 1 aromatic heterocycles. The maximum Gasteiger partial charge on any atom is 0.159 e. The summed E-state index contributed by atoms with van der Waals surface area (Å²) < 4.78 is 2.54. The van der Waals surface area contributed by atoms with Gasteiger partial charge in [-0.1, -0.05) is 146 Å². The molecule has 0 fully saturated rings. The molecule has 242 valence electrons. The van der Waals surface area contributed by atoms with E-state index in [0.717, 1.165) is 28.4 Å². The van der Waals surface area contributed by atoms with Gasteiger partial charge in [-0.3, -0.25) is 0 Å². The molecular formula is C48H29N3S. The minimum atomic E-state index is -0.377. The topological polar surface area (TPSA) is 36.8 Å². The number of thiophene rings is 1. The molecule has 52 heavy (non-hydrogen) atoms. The minimum Gasteiger partial charge on any atom is -0.344 e. The summed E-state index contributed by atoms with van der Waals surface area (Å²) in [6, 6.07) is 60.0. The highest BCUT2D eigenvalue weighted by Gasteiger charge is 2.50. The van der Waals surface area contributed by atoms with Crippen molar-refractivity contribution in [2.45, 2.75) is 11.6 Å². The predicted molar refractivity (Wildman–Crippen MR) is 217 cm³/mol. The highest BCUT2D eigenvalue weighted by Crippen LogP contribution is 2.62. The zero-order valence-corrected chi connectivity index (χ0v) is 28.8. The third-order valence-corrected chi connectivity index (χ3v) is 12.6. The zero-order chi connectivity index (χ0) is 34.0. The van der Waals surface area contributed by atoms with E-state index in [1.54, 1.807) is 0 Å². The van der Waals surface area contributed by atoms with Crippen LogP contribution in [0.25, 0.3) is 52.8 Å². The molecule has 3 nitrogen and oxygen atoms in total. The van der Waals surface area contributed by atoms with Gasteiger partial charge in [-0.2, -0.15) is 0 Å². The van der Waals surface area contributed by atoms with E-state index in [0.29, 0.717) is 0 Å². The van der Waals surface area contributed by atoms with Gasteiger partial charge in [0.05, 0.1) is 5.41 Å². The van der Waals surface area contributed by atoms with Gasteiger partial charge in [0.15, 0.2) is 5.84 Å². The molecule has 2 heterocycles. The first kappa shape index (κ1) is 28.3. The lowest BCUT2D eigenvalue weighted by atomic mass is 9.70. The van der Waals surface area contributed by atoms with Crippen LogP contribution in [0.4, 0.5) is 0 Å². The van der Waals surface area contributed by atoms with Gasteiger partial charge in [0, 0.05) is 31.3 Å². The number of nitrogens with one attached hydrogen (secondary N) is 1. The Morgan fingerprint density at radius 3 is 2.02 bits per heavy atom. The molecule has 0 saturated heterocycles. The number of benzene rings is 8. The van der Waals surface area contributed by atoms with Crippen molar-refractivity contribution in [2.24, 2.45) is 9.98 Å². The normalized spacial score (nSPS) is 16.4. The molecule has 0 amide bonds. The molecule has 8 aromatic carbocycles. The van der Waals surface area contributed by atoms with Crippen LogP contribution in [0.2, 0.25) is 0 Å². The van der Waals surface area contributed by atoms with E-state index in [4.69, 9.17) is 9.98 Å². The second-order valence-corrected chi connectivity index (χ2v) is 15.2. The molecule has 12 rings (SSSR count). The lowest BCUT2D eigenvalue weighted by Gasteiger charge is -2.31. The van der Waals surface area contributed by atoms with Crippen molar-refractivity contribution < 1.29 is 0 Å². The summed E-state index contributed by atoms with van der Waals surface area (Å²) in [5.41, 5.74) is 10.8. The number of hydrogen-bond donors (Lipinski definition) is 1. The average molecular weight is 680 g/mol. The molecule has 1 N–H and O–H groups in total. The molecule has 4 heteroatoms. The summed E-state index contributed by atoms with van der Waals surface area (Å²) >= 11 is 1.82. The van der Waals surface area contributed by atoms with Crippen LogP contribution in [0.5, 0.6) is 0 Å². The summed E-state index contributed by atoms with van der Waals surface area (Å²) in [5, 5.41) is 11.7. The van der Waals surface area contributed by atoms with Crippen LogP contribution >= 0.6 is 11.3 Å². The predicted octanol–water partition coefficient (Wildman–Crippen LogP) is 11.5. The minimum absolute atomic E-state index is 0.317. The van der Waals surface area contributed by atoms with Crippen LogP contribution in [0.1, 0.15) is 45.1 Å². The maximum absolute atomic E-state index is 5.35. The fourth-order valence-corrected chi connectivity index (χ4v) is 10.5. The van der Waals surface area contributed by atoms with Gasteiger partial charge < -0.3 is 5.32 Å². The van der Waals surface area contributed by atoms with Crippen molar-refractivity contribution >= 4 is 64.7 Å². The number of hydrogen-bond acceptors (Lipinski definition) is 4. The summed E-state index contributed by atoms with van der Waals surface area (Å²) in [6.07, 6.45) is -0.317. The van der Waals surface area contributed by atoms with Crippen LogP contribution < -0.4 is 5.32 Å². The summed E-state index contributed by atoms with van der Waals surface area (Å²) in [6.45, 7) is 0. The van der Waals surface area contributed by atoms with Crippen molar-refractivity contribution in [1.82, 2.24) is 5.32 Å². The molecule has 0 bridgehead atoms. The van der Waals surface area contributed by atoms with Crippen LogP contribution in [0, 0.1) is 0 Å². The van der Waals surface area contributed by atoms with E-state index in [1.807, 2.05) is 17.4 Å². The molecular weight excluding hydrogens is 651 g/mol. The molecule has 0 saturated carbocycles. The first-order valence-corrected chi connectivity index (χ1v) is 18.7. The second-order valence-electron chi connectivity index (χ2n) is 14.1. The number of amidine groups is 2. The Hall–Kier alpha value is -6.36. The molecule has 9 aromatic rings. The Morgan fingerprint density at radius 2 is 1.19 bits per heavy atom. The lowest BCUT2D eigenvalue weighted by molar-refractivity contribution is 0.673. The van der Waals surface area contributed by atoms with E-state index in [-0.39, 0.29) is 11.6 Å². The molecule has 3 aliphatic rings. The smallest absolute Gasteiger partial charge is 0.159 e. The van der Waals surface area contributed by atoms with Crippen LogP contribution in [-0.2, 0) is 5.41 Å². The van der Waals surface area contributed by atoms with Crippen LogP contribution in [0.3, 0.4) is 0 Å². The fourth-order valence-electron chi connectivity index (χ4n) is 9.33. The quantitative estimate of drug-likeness (QED) is 0.185. The molecule has 1 unspecified atom stereocenters. The number of nitrogens with zero attached hydrogens (tertiary/aromatic N) is 2. The summed E-state index contributed by atoms with van der Waals surface area (Å²) in [5.74, 6) is 1.57. The average Bonchev–Trinajstić information content (AvgIpc) is 3.84. The van der Waals surface area contributed by atoms with E-state index in [1.165, 1.54) is 75.1 Å². The van der Waals surface area contributed by atoms with Crippen molar-refractivity contribution in [2.75, 3.05) is 0 Å². The van der Waals surface area contributed by atoms with Gasteiger partial charge in [0.1, 0.15) is 12.0 Å². The van der Waals surface area contributed by atoms with Crippen molar-refractivity contribution in [3.8, 4) is 11.1 Å². The van der Waals surface area contributed by atoms with Crippen LogP contribution in [0.15, 0.2) is 174 Å². The van der Waals surface area contributed by atoms with Gasteiger partial charge >= 0.3 is 0 Å². The first-order chi connectivity index (χ1) is 25.8. The van der Waals surface area contributed by atoms with Gasteiger partial charge in [0.25, 0.3) is 0 Å². The SMILES string of the molecule is c1ccc(C2=NC(c3ccc4c(c3)sc3ccccc34)=NC(c3ccc4c(c3)-c3ccccc3C43c4cccc5ccc6cccc3c6c45)N2)cc1. The lowest BCUT2D eigenvalue weighted by Crippen LogP contribution is -2.33.